The summed E-state index contributed by atoms with van der Waals surface area (Å²) in [4.78, 5) is 8.32. The molecule has 0 aliphatic rings. The Bertz CT molecular complexity index is 697. The SMILES string of the molecule is BrCc1cnc(Oc2ccc(-c3ccccc3)cc2)nc1. The molecule has 3 rings (SSSR count). The van der Waals surface area contributed by atoms with Crippen LogP contribution >= 0.6 is 15.9 Å². The van der Waals surface area contributed by atoms with Crippen molar-refractivity contribution in [3.05, 3.63) is 72.6 Å². The Hall–Kier alpha value is -2.20. The third-order valence-electron chi connectivity index (χ3n) is 3.01. The third kappa shape index (κ3) is 3.47. The highest BCUT2D eigenvalue weighted by Gasteiger charge is 2.02. The summed E-state index contributed by atoms with van der Waals surface area (Å²) in [5.74, 6) is 0.723. The summed E-state index contributed by atoms with van der Waals surface area (Å²) in [7, 11) is 0. The van der Waals surface area contributed by atoms with E-state index < -0.39 is 0 Å². The molecule has 104 valence electrons. The number of hydrogen-bond acceptors (Lipinski definition) is 3. The van der Waals surface area contributed by atoms with E-state index in [0.717, 1.165) is 22.2 Å². The Balaban J connectivity index is 1.75. The van der Waals surface area contributed by atoms with Crippen molar-refractivity contribution in [3.63, 3.8) is 0 Å². The fourth-order valence-corrected chi connectivity index (χ4v) is 2.21. The zero-order valence-corrected chi connectivity index (χ0v) is 12.8. The van der Waals surface area contributed by atoms with Crippen LogP contribution in [0.1, 0.15) is 5.56 Å². The Labute approximate surface area is 131 Å². The molecule has 2 aromatic carbocycles. The van der Waals surface area contributed by atoms with Crippen molar-refractivity contribution >= 4 is 15.9 Å². The van der Waals surface area contributed by atoms with Crippen molar-refractivity contribution < 1.29 is 4.74 Å². The average molecular weight is 341 g/mol. The molecule has 3 aromatic rings. The Morgan fingerprint density at radius 1 is 0.810 bits per heavy atom. The van der Waals surface area contributed by atoms with Crippen molar-refractivity contribution in [3.8, 4) is 22.9 Å². The van der Waals surface area contributed by atoms with Gasteiger partial charge in [-0.1, -0.05) is 58.4 Å². The molecule has 0 aliphatic heterocycles. The zero-order chi connectivity index (χ0) is 14.5. The van der Waals surface area contributed by atoms with Gasteiger partial charge >= 0.3 is 6.01 Å². The maximum atomic E-state index is 5.63. The molecule has 1 aromatic heterocycles. The molecule has 0 radical (unpaired) electrons. The molecule has 0 unspecified atom stereocenters. The minimum absolute atomic E-state index is 0.354. The summed E-state index contributed by atoms with van der Waals surface area (Å²) < 4.78 is 5.63. The maximum Gasteiger partial charge on any atom is 0.321 e. The van der Waals surface area contributed by atoms with Crippen LogP contribution in [0.2, 0.25) is 0 Å². The van der Waals surface area contributed by atoms with Crippen LogP contribution in [0.15, 0.2) is 67.0 Å². The summed E-state index contributed by atoms with van der Waals surface area (Å²) in [5.41, 5.74) is 3.35. The van der Waals surface area contributed by atoms with E-state index in [0.29, 0.717) is 6.01 Å². The zero-order valence-electron chi connectivity index (χ0n) is 11.2. The predicted octanol–water partition coefficient (Wildman–Crippen LogP) is 4.83. The second-order valence-electron chi connectivity index (χ2n) is 4.50. The first-order valence-electron chi connectivity index (χ1n) is 6.55. The molecule has 0 saturated carbocycles. The average Bonchev–Trinajstić information content (AvgIpc) is 2.57. The first-order valence-corrected chi connectivity index (χ1v) is 7.67. The molecule has 0 fully saturated rings. The number of alkyl halides is 1. The van der Waals surface area contributed by atoms with E-state index in [2.05, 4.69) is 38.0 Å². The highest BCUT2D eigenvalue weighted by atomic mass is 79.9. The second kappa shape index (κ2) is 6.50. The lowest BCUT2D eigenvalue weighted by Crippen LogP contribution is -1.92. The topological polar surface area (TPSA) is 35.0 Å². The monoisotopic (exact) mass is 340 g/mol. The molecular weight excluding hydrogens is 328 g/mol. The summed E-state index contributed by atoms with van der Waals surface area (Å²) >= 11 is 3.36. The molecule has 1 heterocycles. The number of hydrogen-bond donors (Lipinski definition) is 0. The van der Waals surface area contributed by atoms with E-state index in [1.165, 1.54) is 5.56 Å². The Morgan fingerprint density at radius 2 is 1.43 bits per heavy atom. The number of ether oxygens (including phenoxy) is 1. The van der Waals surface area contributed by atoms with Gasteiger partial charge in [0.25, 0.3) is 0 Å². The van der Waals surface area contributed by atoms with Crippen LogP contribution in [0.4, 0.5) is 0 Å². The number of aromatic nitrogens is 2. The van der Waals surface area contributed by atoms with Crippen LogP contribution in [0.3, 0.4) is 0 Å². The number of nitrogens with zero attached hydrogens (tertiary/aromatic N) is 2. The van der Waals surface area contributed by atoms with E-state index in [9.17, 15) is 0 Å². The van der Waals surface area contributed by atoms with Crippen molar-refractivity contribution in [2.75, 3.05) is 0 Å². The van der Waals surface area contributed by atoms with Crippen LogP contribution in [0, 0.1) is 0 Å². The van der Waals surface area contributed by atoms with Gasteiger partial charge in [-0.3, -0.25) is 0 Å². The molecule has 0 N–H and O–H groups in total. The first kappa shape index (κ1) is 13.8. The highest BCUT2D eigenvalue weighted by molar-refractivity contribution is 9.08. The van der Waals surface area contributed by atoms with Gasteiger partial charge in [-0.2, -0.15) is 0 Å². The molecule has 0 atom stereocenters. The van der Waals surface area contributed by atoms with Crippen LogP contribution in [-0.4, -0.2) is 9.97 Å². The quantitative estimate of drug-likeness (QED) is 0.638. The summed E-state index contributed by atoms with van der Waals surface area (Å²) in [6.45, 7) is 0. The van der Waals surface area contributed by atoms with E-state index in [4.69, 9.17) is 4.74 Å². The number of rotatable bonds is 4. The Kier molecular flexibility index (Phi) is 4.26. The second-order valence-corrected chi connectivity index (χ2v) is 5.06. The fraction of sp³-hybridized carbons (Fsp3) is 0.0588. The molecule has 21 heavy (non-hydrogen) atoms. The molecule has 0 saturated heterocycles. The fourth-order valence-electron chi connectivity index (χ4n) is 1.92. The number of halogens is 1. The van der Waals surface area contributed by atoms with Crippen LogP contribution in [0.25, 0.3) is 11.1 Å². The van der Waals surface area contributed by atoms with Crippen LogP contribution < -0.4 is 4.74 Å². The largest absolute Gasteiger partial charge is 0.424 e. The van der Waals surface area contributed by atoms with Crippen molar-refractivity contribution in [2.24, 2.45) is 0 Å². The Morgan fingerprint density at radius 3 is 2.05 bits per heavy atom. The van der Waals surface area contributed by atoms with E-state index in [1.807, 2.05) is 42.5 Å². The van der Waals surface area contributed by atoms with Gasteiger partial charge in [0.15, 0.2) is 0 Å². The molecule has 0 aliphatic carbocycles. The first-order chi connectivity index (χ1) is 10.3. The van der Waals surface area contributed by atoms with E-state index >= 15 is 0 Å². The van der Waals surface area contributed by atoms with E-state index in [1.54, 1.807) is 12.4 Å². The molecule has 0 spiro atoms. The lowest BCUT2D eigenvalue weighted by Gasteiger charge is -2.05. The summed E-state index contributed by atoms with van der Waals surface area (Å²) in [5, 5.41) is 0.735. The van der Waals surface area contributed by atoms with Crippen molar-refractivity contribution in [1.29, 1.82) is 0 Å². The van der Waals surface area contributed by atoms with E-state index in [-0.39, 0.29) is 0 Å². The summed E-state index contributed by atoms with van der Waals surface area (Å²) in [6.07, 6.45) is 3.49. The van der Waals surface area contributed by atoms with Gasteiger partial charge in [-0.25, -0.2) is 9.97 Å². The standard InChI is InChI=1S/C17H13BrN2O/c18-10-13-11-19-17(20-12-13)21-16-8-6-15(7-9-16)14-4-2-1-3-5-14/h1-9,11-12H,10H2. The lowest BCUT2D eigenvalue weighted by molar-refractivity contribution is 0.441. The summed E-state index contributed by atoms with van der Waals surface area (Å²) in [6, 6.07) is 18.5. The normalized spacial score (nSPS) is 10.3. The van der Waals surface area contributed by atoms with Gasteiger partial charge < -0.3 is 4.74 Å². The smallest absolute Gasteiger partial charge is 0.321 e. The molecule has 3 nitrogen and oxygen atoms in total. The van der Waals surface area contributed by atoms with Gasteiger partial charge in [-0.05, 0) is 28.8 Å². The third-order valence-corrected chi connectivity index (χ3v) is 3.65. The number of benzene rings is 2. The molecule has 4 heteroatoms. The van der Waals surface area contributed by atoms with Gasteiger partial charge in [0.1, 0.15) is 5.75 Å². The van der Waals surface area contributed by atoms with Crippen LogP contribution in [0.5, 0.6) is 11.8 Å². The van der Waals surface area contributed by atoms with Crippen molar-refractivity contribution in [1.82, 2.24) is 9.97 Å². The highest BCUT2D eigenvalue weighted by Crippen LogP contribution is 2.24. The maximum absolute atomic E-state index is 5.63. The van der Waals surface area contributed by atoms with Crippen LogP contribution in [-0.2, 0) is 5.33 Å². The minimum Gasteiger partial charge on any atom is -0.424 e. The van der Waals surface area contributed by atoms with Crippen molar-refractivity contribution in [2.45, 2.75) is 5.33 Å². The minimum atomic E-state index is 0.354. The molecule has 0 amide bonds. The molecular formula is C17H13BrN2O. The van der Waals surface area contributed by atoms with Gasteiger partial charge in [0.05, 0.1) is 0 Å². The van der Waals surface area contributed by atoms with Gasteiger partial charge in [-0.15, -0.1) is 0 Å². The lowest BCUT2D eigenvalue weighted by atomic mass is 10.1. The molecule has 0 bridgehead atoms. The van der Waals surface area contributed by atoms with Gasteiger partial charge in [0, 0.05) is 17.7 Å². The predicted molar refractivity (Wildman–Crippen MR) is 86.6 cm³/mol. The van der Waals surface area contributed by atoms with Gasteiger partial charge in [0.2, 0.25) is 0 Å².